The number of hydrogen-bond donors (Lipinski definition) is 0. The van der Waals surface area contributed by atoms with Crippen LogP contribution >= 0.6 is 0 Å². The number of aryl methyl sites for hydroxylation is 1. The van der Waals surface area contributed by atoms with Gasteiger partial charge in [-0.25, -0.2) is 0 Å². The van der Waals surface area contributed by atoms with Gasteiger partial charge in [0.25, 0.3) is 0 Å². The molecule has 2 nitrogen and oxygen atoms in total. The van der Waals surface area contributed by atoms with Gasteiger partial charge in [-0.2, -0.15) is 0 Å². The van der Waals surface area contributed by atoms with E-state index in [-0.39, 0.29) is 0 Å². The quantitative estimate of drug-likeness (QED) is 0.660. The van der Waals surface area contributed by atoms with Crippen LogP contribution in [-0.4, -0.2) is 19.8 Å². The van der Waals surface area contributed by atoms with E-state index < -0.39 is 0 Å². The van der Waals surface area contributed by atoms with Crippen LogP contribution in [0, 0.1) is 6.92 Å². The topological polar surface area (TPSA) is 21.8 Å². The van der Waals surface area contributed by atoms with Crippen molar-refractivity contribution in [3.63, 3.8) is 0 Å². The predicted octanol–water partition coefficient (Wildman–Crippen LogP) is 1.94. The van der Waals surface area contributed by atoms with E-state index >= 15 is 0 Å². The van der Waals surface area contributed by atoms with E-state index in [4.69, 9.17) is 9.47 Å². The van der Waals surface area contributed by atoms with Crippen LogP contribution in [0.15, 0.2) is 18.2 Å². The molecule has 1 aliphatic heterocycles. The number of hydrogen-bond acceptors (Lipinski definition) is 2. The molecule has 70 valence electrons. The Bertz CT molecular complexity index is 303. The van der Waals surface area contributed by atoms with Gasteiger partial charge in [0.05, 0.1) is 19.8 Å². The molecule has 1 aromatic carbocycles. The van der Waals surface area contributed by atoms with Crippen LogP contribution in [0.4, 0.5) is 0 Å². The van der Waals surface area contributed by atoms with Crippen LogP contribution in [0.3, 0.4) is 0 Å². The lowest BCUT2D eigenvalue weighted by Crippen LogP contribution is -1.99. The standard InChI is InChI=1S/C11H14O2/c1-8-4-3-5-11(12-2)10(8)6-9-7-13-9/h3-5,9H,6-7H2,1-2H3. The van der Waals surface area contributed by atoms with Crippen molar-refractivity contribution in [3.05, 3.63) is 29.3 Å². The molecule has 1 aliphatic rings. The molecule has 2 rings (SSSR count). The molecular weight excluding hydrogens is 164 g/mol. The maximum Gasteiger partial charge on any atom is 0.122 e. The van der Waals surface area contributed by atoms with Gasteiger partial charge in [0.2, 0.25) is 0 Å². The van der Waals surface area contributed by atoms with Crippen LogP contribution in [0.25, 0.3) is 0 Å². The van der Waals surface area contributed by atoms with Gasteiger partial charge in [0, 0.05) is 6.42 Å². The molecule has 0 amide bonds. The summed E-state index contributed by atoms with van der Waals surface area (Å²) in [5.74, 6) is 0.982. The minimum atomic E-state index is 0.426. The normalized spacial score (nSPS) is 20.0. The Balaban J connectivity index is 2.27. The number of epoxide rings is 1. The monoisotopic (exact) mass is 178 g/mol. The van der Waals surface area contributed by atoms with Gasteiger partial charge in [0.1, 0.15) is 5.75 Å². The number of methoxy groups -OCH3 is 1. The molecule has 0 aliphatic carbocycles. The van der Waals surface area contributed by atoms with Crippen molar-refractivity contribution in [3.8, 4) is 5.75 Å². The van der Waals surface area contributed by atoms with Crippen molar-refractivity contribution in [2.24, 2.45) is 0 Å². The molecule has 0 spiro atoms. The summed E-state index contributed by atoms with van der Waals surface area (Å²) >= 11 is 0. The Morgan fingerprint density at radius 3 is 2.92 bits per heavy atom. The summed E-state index contributed by atoms with van der Waals surface area (Å²) in [6, 6.07) is 6.14. The third-order valence-corrected chi connectivity index (χ3v) is 2.42. The molecule has 2 heteroatoms. The summed E-state index contributed by atoms with van der Waals surface area (Å²) in [5.41, 5.74) is 2.57. The van der Waals surface area contributed by atoms with Crippen molar-refractivity contribution in [1.82, 2.24) is 0 Å². The van der Waals surface area contributed by atoms with Crippen molar-refractivity contribution in [1.29, 1.82) is 0 Å². The second-order valence-corrected chi connectivity index (χ2v) is 3.42. The lowest BCUT2D eigenvalue weighted by atomic mass is 10.0. The summed E-state index contributed by atoms with van der Waals surface area (Å²) in [7, 11) is 1.71. The molecule has 1 aromatic rings. The van der Waals surface area contributed by atoms with Crippen molar-refractivity contribution >= 4 is 0 Å². The van der Waals surface area contributed by atoms with Gasteiger partial charge in [-0.15, -0.1) is 0 Å². The Morgan fingerprint density at radius 2 is 2.31 bits per heavy atom. The Labute approximate surface area is 78.5 Å². The highest BCUT2D eigenvalue weighted by Crippen LogP contribution is 2.26. The summed E-state index contributed by atoms with van der Waals surface area (Å²) in [6.07, 6.45) is 1.41. The van der Waals surface area contributed by atoms with Crippen molar-refractivity contribution in [2.75, 3.05) is 13.7 Å². The first-order chi connectivity index (χ1) is 6.31. The van der Waals surface area contributed by atoms with Crippen molar-refractivity contribution < 1.29 is 9.47 Å². The van der Waals surface area contributed by atoms with Gasteiger partial charge in [0.15, 0.2) is 0 Å². The molecular formula is C11H14O2. The maximum absolute atomic E-state index is 5.30. The largest absolute Gasteiger partial charge is 0.496 e. The third kappa shape index (κ3) is 1.83. The molecule has 0 saturated carbocycles. The lowest BCUT2D eigenvalue weighted by molar-refractivity contribution is 0.390. The zero-order valence-corrected chi connectivity index (χ0v) is 8.04. The SMILES string of the molecule is COc1cccc(C)c1CC1CO1. The van der Waals surface area contributed by atoms with Gasteiger partial charge >= 0.3 is 0 Å². The van der Waals surface area contributed by atoms with Gasteiger partial charge < -0.3 is 9.47 Å². The van der Waals surface area contributed by atoms with E-state index in [9.17, 15) is 0 Å². The highest BCUT2D eigenvalue weighted by atomic mass is 16.6. The maximum atomic E-state index is 5.30. The fourth-order valence-corrected chi connectivity index (χ4v) is 1.54. The highest BCUT2D eigenvalue weighted by Gasteiger charge is 2.24. The predicted molar refractivity (Wildman–Crippen MR) is 51.2 cm³/mol. The molecule has 1 saturated heterocycles. The minimum absolute atomic E-state index is 0.426. The van der Waals surface area contributed by atoms with Crippen LogP contribution in [0.1, 0.15) is 11.1 Å². The first-order valence-corrected chi connectivity index (χ1v) is 4.55. The molecule has 1 heterocycles. The molecule has 0 aromatic heterocycles. The molecule has 0 bridgehead atoms. The minimum Gasteiger partial charge on any atom is -0.496 e. The summed E-state index contributed by atoms with van der Waals surface area (Å²) in [4.78, 5) is 0. The first-order valence-electron chi connectivity index (χ1n) is 4.55. The van der Waals surface area contributed by atoms with Crippen molar-refractivity contribution in [2.45, 2.75) is 19.4 Å². The van der Waals surface area contributed by atoms with Gasteiger partial charge in [-0.3, -0.25) is 0 Å². The zero-order valence-electron chi connectivity index (χ0n) is 8.04. The van der Waals surface area contributed by atoms with Crippen LogP contribution in [0.2, 0.25) is 0 Å². The molecule has 0 radical (unpaired) electrons. The smallest absolute Gasteiger partial charge is 0.122 e. The zero-order chi connectivity index (χ0) is 9.26. The average Bonchev–Trinajstić information content (AvgIpc) is 2.92. The van der Waals surface area contributed by atoms with Crippen LogP contribution in [0.5, 0.6) is 5.75 Å². The fraction of sp³-hybridized carbons (Fsp3) is 0.455. The fourth-order valence-electron chi connectivity index (χ4n) is 1.54. The van der Waals surface area contributed by atoms with Crippen LogP contribution in [-0.2, 0) is 11.2 Å². The Hall–Kier alpha value is -1.02. The van der Waals surface area contributed by atoms with E-state index in [0.29, 0.717) is 6.10 Å². The summed E-state index contributed by atoms with van der Waals surface area (Å²) in [5, 5.41) is 0. The second kappa shape index (κ2) is 3.38. The van der Waals surface area contributed by atoms with E-state index in [1.807, 2.05) is 12.1 Å². The first kappa shape index (κ1) is 8.57. The Morgan fingerprint density at radius 1 is 1.54 bits per heavy atom. The number of rotatable bonds is 3. The molecule has 13 heavy (non-hydrogen) atoms. The molecule has 0 N–H and O–H groups in total. The lowest BCUT2D eigenvalue weighted by Gasteiger charge is -2.09. The van der Waals surface area contributed by atoms with E-state index in [1.54, 1.807) is 7.11 Å². The van der Waals surface area contributed by atoms with E-state index in [2.05, 4.69) is 13.0 Å². The third-order valence-electron chi connectivity index (χ3n) is 2.42. The molecule has 1 atom stereocenters. The molecule has 1 fully saturated rings. The second-order valence-electron chi connectivity index (χ2n) is 3.42. The Kier molecular flexibility index (Phi) is 2.23. The molecule has 1 unspecified atom stereocenters. The highest BCUT2D eigenvalue weighted by molar-refractivity contribution is 5.40. The van der Waals surface area contributed by atoms with E-state index in [1.165, 1.54) is 11.1 Å². The average molecular weight is 178 g/mol. The summed E-state index contributed by atoms with van der Waals surface area (Å²) in [6.45, 7) is 3.01. The summed E-state index contributed by atoms with van der Waals surface area (Å²) < 4.78 is 10.5. The van der Waals surface area contributed by atoms with Gasteiger partial charge in [-0.05, 0) is 24.1 Å². The number of ether oxygens (including phenoxy) is 2. The van der Waals surface area contributed by atoms with Crippen LogP contribution < -0.4 is 4.74 Å². The number of benzene rings is 1. The van der Waals surface area contributed by atoms with E-state index in [0.717, 1.165) is 18.8 Å². The van der Waals surface area contributed by atoms with Gasteiger partial charge in [-0.1, -0.05) is 12.1 Å².